The lowest BCUT2D eigenvalue weighted by atomic mass is 9.76. The first-order valence-corrected chi connectivity index (χ1v) is 4.46. The van der Waals surface area contributed by atoms with Gasteiger partial charge in [-0.25, -0.2) is 0 Å². The summed E-state index contributed by atoms with van der Waals surface area (Å²) in [5, 5.41) is 19.9. The Morgan fingerprint density at radius 3 is 2.50 bits per heavy atom. The molecule has 4 nitrogen and oxygen atoms in total. The Labute approximate surface area is 82.2 Å². The Kier molecular flexibility index (Phi) is 2.64. The van der Waals surface area contributed by atoms with Crippen molar-refractivity contribution in [3.05, 3.63) is 11.3 Å². The molecule has 0 fully saturated rings. The van der Waals surface area contributed by atoms with Crippen LogP contribution in [0.2, 0.25) is 0 Å². The second-order valence-electron chi connectivity index (χ2n) is 4.41. The lowest BCUT2D eigenvalue weighted by molar-refractivity contribution is -0.312. The molecular formula is C10H13O4-. The maximum Gasteiger partial charge on any atom is 0.307 e. The standard InChI is InChI=1S/C10H14O4/c1-10(2)4-7(11)6(3-9(13)14)8(12)5-10/h11H,3-5H2,1-2H3,(H,13,14)/p-1. The molecule has 1 rings (SSSR count). The van der Waals surface area contributed by atoms with Crippen molar-refractivity contribution < 1.29 is 19.8 Å². The van der Waals surface area contributed by atoms with E-state index in [4.69, 9.17) is 5.11 Å². The summed E-state index contributed by atoms with van der Waals surface area (Å²) in [4.78, 5) is 21.8. The molecule has 0 spiro atoms. The van der Waals surface area contributed by atoms with Crippen molar-refractivity contribution in [2.75, 3.05) is 0 Å². The summed E-state index contributed by atoms with van der Waals surface area (Å²) in [5.74, 6) is -1.75. The fourth-order valence-corrected chi connectivity index (χ4v) is 1.65. The van der Waals surface area contributed by atoms with Crippen LogP contribution in [-0.4, -0.2) is 16.9 Å². The molecule has 1 N–H and O–H groups in total. The van der Waals surface area contributed by atoms with E-state index in [2.05, 4.69) is 0 Å². The van der Waals surface area contributed by atoms with E-state index in [1.807, 2.05) is 13.8 Å². The normalized spacial score (nSPS) is 21.1. The molecule has 0 atom stereocenters. The van der Waals surface area contributed by atoms with Gasteiger partial charge in [0.1, 0.15) is 0 Å². The van der Waals surface area contributed by atoms with Gasteiger partial charge in [0.2, 0.25) is 0 Å². The van der Waals surface area contributed by atoms with E-state index in [1.165, 1.54) is 0 Å². The van der Waals surface area contributed by atoms with E-state index in [9.17, 15) is 14.7 Å². The lowest BCUT2D eigenvalue weighted by Crippen LogP contribution is -2.31. The summed E-state index contributed by atoms with van der Waals surface area (Å²) in [7, 11) is 0. The van der Waals surface area contributed by atoms with Gasteiger partial charge in [-0.3, -0.25) is 9.59 Å². The third kappa shape index (κ3) is 2.34. The number of hydrogen-bond donors (Lipinski definition) is 1. The molecule has 0 saturated heterocycles. The zero-order valence-corrected chi connectivity index (χ0v) is 8.29. The zero-order chi connectivity index (χ0) is 10.9. The molecule has 1 aliphatic carbocycles. The molecule has 0 heterocycles. The predicted octanol–water partition coefficient (Wildman–Crippen LogP) is 0.465. The smallest absolute Gasteiger partial charge is 0.307 e. The van der Waals surface area contributed by atoms with Crippen LogP contribution in [0.3, 0.4) is 0 Å². The van der Waals surface area contributed by atoms with Crippen molar-refractivity contribution in [2.45, 2.75) is 33.1 Å². The average molecular weight is 197 g/mol. The van der Waals surface area contributed by atoms with Crippen LogP contribution in [0.25, 0.3) is 0 Å². The molecule has 14 heavy (non-hydrogen) atoms. The first kappa shape index (κ1) is 10.8. The number of rotatable bonds is 2. The monoisotopic (exact) mass is 197 g/mol. The molecule has 0 radical (unpaired) electrons. The molecule has 0 aliphatic heterocycles. The molecule has 4 heteroatoms. The van der Waals surface area contributed by atoms with Crippen LogP contribution in [0.15, 0.2) is 11.3 Å². The predicted molar refractivity (Wildman–Crippen MR) is 47.3 cm³/mol. The van der Waals surface area contributed by atoms with Crippen LogP contribution in [-0.2, 0) is 9.59 Å². The van der Waals surface area contributed by atoms with Crippen LogP contribution in [0, 0.1) is 5.41 Å². The van der Waals surface area contributed by atoms with Crippen LogP contribution in [0.4, 0.5) is 0 Å². The molecule has 0 unspecified atom stereocenters. The minimum absolute atomic E-state index is 0.0446. The van der Waals surface area contributed by atoms with E-state index in [-0.39, 0.29) is 35.4 Å². The Bertz CT molecular complexity index is 312. The third-order valence-corrected chi connectivity index (χ3v) is 2.28. The maximum absolute atomic E-state index is 11.4. The van der Waals surface area contributed by atoms with E-state index in [0.29, 0.717) is 0 Å². The number of aliphatic carboxylic acids is 1. The van der Waals surface area contributed by atoms with E-state index < -0.39 is 12.4 Å². The maximum atomic E-state index is 11.4. The van der Waals surface area contributed by atoms with Crippen molar-refractivity contribution in [3.8, 4) is 0 Å². The highest BCUT2D eigenvalue weighted by molar-refractivity contribution is 6.00. The number of carbonyl (C=O) groups excluding carboxylic acids is 1. The number of carboxylic acids is 1. The van der Waals surface area contributed by atoms with Crippen molar-refractivity contribution in [3.63, 3.8) is 0 Å². The minimum atomic E-state index is -1.12. The first-order chi connectivity index (χ1) is 6.32. The molecule has 0 aromatic carbocycles. The van der Waals surface area contributed by atoms with Gasteiger partial charge in [-0.1, -0.05) is 13.8 Å². The number of ketones is 1. The number of allylic oxidation sites excluding steroid dienone is 1. The summed E-state index contributed by atoms with van der Waals surface area (Å²) in [6, 6.07) is 0. The van der Waals surface area contributed by atoms with Crippen molar-refractivity contribution in [1.29, 1.82) is 0 Å². The topological polar surface area (TPSA) is 77.4 Å². The highest BCUT2D eigenvalue weighted by Crippen LogP contribution is 2.35. The van der Waals surface area contributed by atoms with Crippen molar-refractivity contribution in [2.24, 2.45) is 5.41 Å². The fraction of sp³-hybridized carbons (Fsp3) is 0.600. The van der Waals surface area contributed by atoms with Gasteiger partial charge in [-0.05, 0) is 17.4 Å². The highest BCUT2D eigenvalue weighted by atomic mass is 16.4. The zero-order valence-electron chi connectivity index (χ0n) is 8.29. The second kappa shape index (κ2) is 3.44. The molecule has 1 aliphatic rings. The largest absolute Gasteiger partial charge is 0.875 e. The third-order valence-electron chi connectivity index (χ3n) is 2.28. The van der Waals surface area contributed by atoms with E-state index in [1.54, 1.807) is 0 Å². The number of hydrogen-bond acceptors (Lipinski definition) is 3. The average Bonchev–Trinajstić information content (AvgIpc) is 1.94. The van der Waals surface area contributed by atoms with Gasteiger partial charge in [0.25, 0.3) is 0 Å². The summed E-state index contributed by atoms with van der Waals surface area (Å²) < 4.78 is 0. The lowest BCUT2D eigenvalue weighted by Gasteiger charge is -2.34. The second-order valence-corrected chi connectivity index (χ2v) is 4.41. The van der Waals surface area contributed by atoms with Crippen LogP contribution >= 0.6 is 0 Å². The summed E-state index contributed by atoms with van der Waals surface area (Å²) >= 11 is 0. The van der Waals surface area contributed by atoms with Gasteiger partial charge in [-0.15, -0.1) is 5.76 Å². The molecule has 0 aromatic heterocycles. The molecule has 0 saturated carbocycles. The Balaban J connectivity index is 2.93. The minimum Gasteiger partial charge on any atom is -0.875 e. The molecule has 78 valence electrons. The number of carboxylic acid groups (broad SMARTS) is 1. The Morgan fingerprint density at radius 1 is 1.50 bits per heavy atom. The summed E-state index contributed by atoms with van der Waals surface area (Å²) in [6.45, 7) is 3.67. The van der Waals surface area contributed by atoms with Gasteiger partial charge in [-0.2, -0.15) is 0 Å². The highest BCUT2D eigenvalue weighted by Gasteiger charge is 2.29. The summed E-state index contributed by atoms with van der Waals surface area (Å²) in [6.07, 6.45) is 0.0937. The van der Waals surface area contributed by atoms with Gasteiger partial charge >= 0.3 is 5.97 Å². The number of carbonyl (C=O) groups is 2. The van der Waals surface area contributed by atoms with Gasteiger partial charge < -0.3 is 10.2 Å². The molecule has 0 bridgehead atoms. The van der Waals surface area contributed by atoms with Crippen molar-refractivity contribution in [1.82, 2.24) is 0 Å². The van der Waals surface area contributed by atoms with Gasteiger partial charge in [0.05, 0.1) is 6.42 Å². The van der Waals surface area contributed by atoms with Crippen LogP contribution < -0.4 is 5.11 Å². The SMILES string of the molecule is CC1(C)CC(=O)C(CC(=O)O)=C([O-])C1. The van der Waals surface area contributed by atoms with Gasteiger partial charge in [0, 0.05) is 6.42 Å². The van der Waals surface area contributed by atoms with Crippen LogP contribution in [0.5, 0.6) is 0 Å². The van der Waals surface area contributed by atoms with E-state index in [0.717, 1.165) is 0 Å². The summed E-state index contributed by atoms with van der Waals surface area (Å²) in [5.41, 5.74) is -0.368. The van der Waals surface area contributed by atoms with Crippen LogP contribution in [0.1, 0.15) is 33.1 Å². The Morgan fingerprint density at radius 2 is 2.07 bits per heavy atom. The molecule has 0 amide bonds. The quantitative estimate of drug-likeness (QED) is 0.697. The van der Waals surface area contributed by atoms with E-state index >= 15 is 0 Å². The number of Topliss-reactive ketones (excluding diaryl/α,β-unsaturated/α-hetero) is 1. The van der Waals surface area contributed by atoms with Crippen molar-refractivity contribution >= 4 is 11.8 Å². The Hall–Kier alpha value is -1.32. The fourth-order valence-electron chi connectivity index (χ4n) is 1.65. The molecular weight excluding hydrogens is 184 g/mol. The van der Waals surface area contributed by atoms with Gasteiger partial charge in [0.15, 0.2) is 5.78 Å². The molecule has 0 aromatic rings. The first-order valence-electron chi connectivity index (χ1n) is 4.46.